The molecular weight excluding hydrogens is 230 g/mol. The molecule has 0 bridgehead atoms. The van der Waals surface area contributed by atoms with E-state index in [0.717, 1.165) is 0 Å². The minimum Gasteiger partial charge on any atom is -0.327 e. The van der Waals surface area contributed by atoms with Crippen LogP contribution in [0.3, 0.4) is 0 Å². The Kier molecular flexibility index (Phi) is 4.75. The summed E-state index contributed by atoms with van der Waals surface area (Å²) >= 11 is 0. The summed E-state index contributed by atoms with van der Waals surface area (Å²) in [5.41, 5.74) is 0. The van der Waals surface area contributed by atoms with Gasteiger partial charge in [-0.1, -0.05) is 0 Å². The number of rotatable bonds is 5. The summed E-state index contributed by atoms with van der Waals surface area (Å²) in [6, 6.07) is 0. The molecule has 0 unspecified atom stereocenters. The molecule has 1 N–H and O–H groups in total. The molecule has 1 rings (SSSR count). The molecule has 1 aliphatic heterocycles. The van der Waals surface area contributed by atoms with Gasteiger partial charge in [-0.25, -0.2) is 10.1 Å². The molecule has 0 atom stereocenters. The topological polar surface area (TPSA) is 121 Å². The minimum absolute atomic E-state index is 0.189. The second kappa shape index (κ2) is 6.09. The van der Waals surface area contributed by atoms with Gasteiger partial charge in [0, 0.05) is 12.8 Å². The first-order chi connectivity index (χ1) is 7.65. The second-order valence-corrected chi connectivity index (χ2v) is 2.53. The monoisotopic (exact) mass is 237 g/mol. The molecule has 0 spiro atoms. The fourth-order valence-electron chi connectivity index (χ4n) is 0.849. The quantitative estimate of drug-likeness (QED) is 0.274. The van der Waals surface area contributed by atoms with Crippen LogP contribution in [0.2, 0.25) is 0 Å². The second-order valence-electron chi connectivity index (χ2n) is 2.53. The minimum atomic E-state index is -1.17. The van der Waals surface area contributed by atoms with Crippen LogP contribution in [-0.4, -0.2) is 34.7 Å². The third-order valence-corrected chi connectivity index (χ3v) is 1.54. The van der Waals surface area contributed by atoms with Crippen LogP contribution in [0.4, 0.5) is 0 Å². The van der Waals surface area contributed by atoms with Gasteiger partial charge < -0.3 is 4.84 Å². The van der Waals surface area contributed by atoms with Gasteiger partial charge in [0.15, 0.2) is 6.73 Å². The van der Waals surface area contributed by atoms with Gasteiger partial charge in [0.25, 0.3) is 5.91 Å². The Balaban J connectivity index is 2.41. The molecule has 0 aromatic rings. The predicted molar refractivity (Wildman–Crippen MR) is 39.0 cm³/mol. The average Bonchev–Trinajstić information content (AvgIpc) is 2.39. The van der Waals surface area contributed by atoms with Crippen LogP contribution in [0.25, 0.3) is 0 Å². The molecule has 90 valence electrons. The summed E-state index contributed by atoms with van der Waals surface area (Å²) in [7, 11) is 0. The SMILES string of the molecule is O=C1CCC(=O)N(COOOOO)OC1=O. The van der Waals surface area contributed by atoms with Gasteiger partial charge in [0.1, 0.15) is 0 Å². The van der Waals surface area contributed by atoms with Crippen molar-refractivity contribution in [2.24, 2.45) is 0 Å². The zero-order chi connectivity index (χ0) is 12.0. The highest BCUT2D eigenvalue weighted by Crippen LogP contribution is 2.07. The van der Waals surface area contributed by atoms with E-state index in [9.17, 15) is 14.4 Å². The van der Waals surface area contributed by atoms with E-state index in [1.54, 1.807) is 0 Å². The summed E-state index contributed by atoms with van der Waals surface area (Å²) in [5, 5.41) is 18.2. The maximum atomic E-state index is 11.2. The zero-order valence-electron chi connectivity index (χ0n) is 7.78. The normalized spacial score (nSPS) is 17.3. The Morgan fingerprint density at radius 2 is 2.00 bits per heavy atom. The summed E-state index contributed by atoms with van der Waals surface area (Å²) in [6.45, 7) is -0.652. The maximum Gasteiger partial charge on any atom is 0.399 e. The summed E-state index contributed by atoms with van der Waals surface area (Å²) in [6.07, 6.45) is -0.420. The Labute approximate surface area is 87.8 Å². The van der Waals surface area contributed by atoms with Crippen LogP contribution in [-0.2, 0) is 39.2 Å². The van der Waals surface area contributed by atoms with Crippen molar-refractivity contribution in [1.82, 2.24) is 5.06 Å². The van der Waals surface area contributed by atoms with Crippen LogP contribution in [0, 0.1) is 0 Å². The number of hydrogen-bond donors (Lipinski definition) is 1. The van der Waals surface area contributed by atoms with Crippen molar-refractivity contribution in [2.45, 2.75) is 12.8 Å². The van der Waals surface area contributed by atoms with Crippen LogP contribution in [0.5, 0.6) is 0 Å². The standard InChI is InChI=1S/C6H7NO9/c8-4-1-2-5(9)7(13-6(4)10)3-12-15-16-14-11/h11H,1-3H2. The van der Waals surface area contributed by atoms with Crippen LogP contribution >= 0.6 is 0 Å². The lowest BCUT2D eigenvalue weighted by Crippen LogP contribution is -2.34. The van der Waals surface area contributed by atoms with Crippen molar-refractivity contribution in [1.29, 1.82) is 0 Å². The Morgan fingerprint density at radius 1 is 1.25 bits per heavy atom. The summed E-state index contributed by atoms with van der Waals surface area (Å²) < 4.78 is 0. The van der Waals surface area contributed by atoms with Gasteiger partial charge in [-0.3, -0.25) is 9.59 Å². The van der Waals surface area contributed by atoms with Crippen LogP contribution in [0.15, 0.2) is 0 Å². The smallest absolute Gasteiger partial charge is 0.327 e. The van der Waals surface area contributed by atoms with E-state index >= 15 is 0 Å². The van der Waals surface area contributed by atoms with Crippen molar-refractivity contribution in [3.8, 4) is 0 Å². The van der Waals surface area contributed by atoms with E-state index in [1.807, 2.05) is 0 Å². The predicted octanol–water partition coefficient (Wildman–Crippen LogP) is -1.12. The number of nitrogens with zero attached hydrogens (tertiary/aromatic N) is 1. The molecule has 1 saturated heterocycles. The van der Waals surface area contributed by atoms with E-state index in [1.165, 1.54) is 0 Å². The number of Topliss-reactive ketones (excluding diaryl/α,β-unsaturated/α-hetero) is 1. The highest BCUT2D eigenvalue weighted by Gasteiger charge is 2.29. The molecular formula is C6H7NO9. The highest BCUT2D eigenvalue weighted by atomic mass is 17.8. The van der Waals surface area contributed by atoms with Gasteiger partial charge in [0.05, 0.1) is 0 Å². The lowest BCUT2D eigenvalue weighted by atomic mass is 10.2. The van der Waals surface area contributed by atoms with Crippen LogP contribution in [0.1, 0.15) is 12.8 Å². The van der Waals surface area contributed by atoms with E-state index in [0.29, 0.717) is 5.06 Å². The van der Waals surface area contributed by atoms with Crippen molar-refractivity contribution < 1.29 is 44.5 Å². The molecule has 10 nitrogen and oxygen atoms in total. The van der Waals surface area contributed by atoms with Crippen molar-refractivity contribution >= 4 is 17.7 Å². The Morgan fingerprint density at radius 3 is 2.69 bits per heavy atom. The molecule has 16 heavy (non-hydrogen) atoms. The number of hydroxylamine groups is 2. The average molecular weight is 237 g/mol. The molecule has 0 aromatic heterocycles. The first-order valence-electron chi connectivity index (χ1n) is 3.97. The fraction of sp³-hybridized carbons (Fsp3) is 0.500. The van der Waals surface area contributed by atoms with Crippen molar-refractivity contribution in [3.63, 3.8) is 0 Å². The van der Waals surface area contributed by atoms with Crippen molar-refractivity contribution in [2.75, 3.05) is 6.73 Å². The lowest BCUT2D eigenvalue weighted by Gasteiger charge is -2.15. The van der Waals surface area contributed by atoms with Gasteiger partial charge in [-0.2, -0.15) is 4.89 Å². The number of carbonyl (C=O) groups is 3. The van der Waals surface area contributed by atoms with E-state index in [4.69, 9.17) is 5.26 Å². The summed E-state index contributed by atoms with van der Waals surface area (Å²) in [5.74, 6) is -2.63. The summed E-state index contributed by atoms with van der Waals surface area (Å²) in [4.78, 5) is 41.5. The van der Waals surface area contributed by atoms with E-state index < -0.39 is 24.4 Å². The third-order valence-electron chi connectivity index (χ3n) is 1.54. The van der Waals surface area contributed by atoms with Gasteiger partial charge >= 0.3 is 5.97 Å². The Hall–Kier alpha value is -1.59. The molecule has 0 aromatic carbocycles. The molecule has 0 aliphatic carbocycles. The van der Waals surface area contributed by atoms with E-state index in [2.05, 4.69) is 24.8 Å². The zero-order valence-corrected chi connectivity index (χ0v) is 7.78. The number of amides is 1. The highest BCUT2D eigenvalue weighted by molar-refractivity contribution is 6.34. The number of carbonyl (C=O) groups excluding carboxylic acids is 3. The van der Waals surface area contributed by atoms with Crippen molar-refractivity contribution in [3.05, 3.63) is 0 Å². The largest absolute Gasteiger partial charge is 0.399 e. The molecule has 0 saturated carbocycles. The fourth-order valence-corrected chi connectivity index (χ4v) is 0.849. The molecule has 1 aliphatic rings. The van der Waals surface area contributed by atoms with E-state index in [-0.39, 0.29) is 12.8 Å². The van der Waals surface area contributed by atoms with Gasteiger partial charge in [0.2, 0.25) is 5.78 Å². The third kappa shape index (κ3) is 3.52. The molecule has 1 fully saturated rings. The first-order valence-corrected chi connectivity index (χ1v) is 3.97. The number of hydrogen-bond acceptors (Lipinski definition) is 9. The number of ketones is 1. The molecule has 1 heterocycles. The first kappa shape index (κ1) is 12.5. The maximum absolute atomic E-state index is 11.2. The Bertz CT molecular complexity index is 290. The molecule has 0 radical (unpaired) electrons. The van der Waals surface area contributed by atoms with Gasteiger partial charge in [-0.05, 0) is 15.1 Å². The molecule has 10 heteroatoms. The van der Waals surface area contributed by atoms with Gasteiger partial charge in [-0.15, -0.1) is 5.06 Å². The molecule has 1 amide bonds. The van der Waals surface area contributed by atoms with Crippen LogP contribution < -0.4 is 0 Å². The lowest BCUT2D eigenvalue weighted by molar-refractivity contribution is -0.705.